The lowest BCUT2D eigenvalue weighted by atomic mass is 10.4. The standard InChI is InChI=1S/C11H15N3O2S/c1-10(2)13-14(3)9-12-17(15,16)11-7-5-4-6-8-11/h4-9H,1-3H3. The first kappa shape index (κ1) is 13.4. The molecule has 92 valence electrons. The molecule has 0 bridgehead atoms. The van der Waals surface area contributed by atoms with Crippen molar-refractivity contribution in [2.45, 2.75) is 18.7 Å². The van der Waals surface area contributed by atoms with Gasteiger partial charge in [0.25, 0.3) is 10.0 Å². The Balaban J connectivity index is 2.88. The first-order valence-electron chi connectivity index (χ1n) is 5.02. The average molecular weight is 253 g/mol. The minimum Gasteiger partial charge on any atom is -0.257 e. The monoisotopic (exact) mass is 253 g/mol. The maximum Gasteiger partial charge on any atom is 0.283 e. The third-order valence-electron chi connectivity index (χ3n) is 1.75. The molecule has 1 rings (SSSR count). The van der Waals surface area contributed by atoms with Crippen molar-refractivity contribution in [2.75, 3.05) is 7.05 Å². The van der Waals surface area contributed by atoms with E-state index in [2.05, 4.69) is 9.50 Å². The van der Waals surface area contributed by atoms with Crippen LogP contribution in [0.2, 0.25) is 0 Å². The Kier molecular flexibility index (Phi) is 4.39. The van der Waals surface area contributed by atoms with E-state index in [1.165, 1.54) is 23.5 Å². The summed E-state index contributed by atoms with van der Waals surface area (Å²) in [6.07, 6.45) is 1.18. The topological polar surface area (TPSA) is 62.1 Å². The van der Waals surface area contributed by atoms with Gasteiger partial charge in [0, 0.05) is 12.8 Å². The van der Waals surface area contributed by atoms with Crippen LogP contribution in [0, 0.1) is 0 Å². The predicted octanol–water partition coefficient (Wildman–Crippen LogP) is 1.73. The maximum atomic E-state index is 11.7. The first-order valence-corrected chi connectivity index (χ1v) is 6.46. The summed E-state index contributed by atoms with van der Waals surface area (Å²) in [4.78, 5) is 0.168. The van der Waals surface area contributed by atoms with E-state index >= 15 is 0 Å². The van der Waals surface area contributed by atoms with Gasteiger partial charge in [0.05, 0.1) is 4.90 Å². The number of nitrogens with zero attached hydrogens (tertiary/aromatic N) is 3. The van der Waals surface area contributed by atoms with Gasteiger partial charge in [-0.1, -0.05) is 18.2 Å². The molecule has 1 aromatic carbocycles. The molecular weight excluding hydrogens is 238 g/mol. The largest absolute Gasteiger partial charge is 0.283 e. The lowest BCUT2D eigenvalue weighted by molar-refractivity contribution is 0.558. The molecule has 0 spiro atoms. The molecule has 0 aliphatic carbocycles. The number of hydrazone groups is 1. The van der Waals surface area contributed by atoms with E-state index in [0.29, 0.717) is 0 Å². The van der Waals surface area contributed by atoms with E-state index in [9.17, 15) is 8.42 Å². The number of rotatable bonds is 4. The van der Waals surface area contributed by atoms with Gasteiger partial charge in [-0.05, 0) is 26.0 Å². The molecule has 0 N–H and O–H groups in total. The SMILES string of the molecule is CC(C)=NN(C)C=NS(=O)(=O)c1ccccc1. The summed E-state index contributed by atoms with van der Waals surface area (Å²) in [5.41, 5.74) is 0.816. The Hall–Kier alpha value is -1.69. The molecule has 0 heterocycles. The van der Waals surface area contributed by atoms with Crippen molar-refractivity contribution in [3.8, 4) is 0 Å². The number of sulfonamides is 1. The number of hydrogen-bond donors (Lipinski definition) is 0. The van der Waals surface area contributed by atoms with Crippen LogP contribution < -0.4 is 0 Å². The summed E-state index contributed by atoms with van der Waals surface area (Å²) in [5, 5.41) is 5.37. The van der Waals surface area contributed by atoms with E-state index < -0.39 is 10.0 Å². The summed E-state index contributed by atoms with van der Waals surface area (Å²) in [7, 11) is -2.01. The fourth-order valence-electron chi connectivity index (χ4n) is 1.12. The number of hydrogen-bond acceptors (Lipinski definition) is 3. The molecule has 0 unspecified atom stereocenters. The molecule has 0 radical (unpaired) electrons. The second kappa shape index (κ2) is 5.58. The van der Waals surface area contributed by atoms with Crippen molar-refractivity contribution in [2.24, 2.45) is 9.50 Å². The van der Waals surface area contributed by atoms with Gasteiger partial charge in [-0.3, -0.25) is 5.01 Å². The smallest absolute Gasteiger partial charge is 0.257 e. The van der Waals surface area contributed by atoms with Gasteiger partial charge in [0.1, 0.15) is 6.34 Å². The van der Waals surface area contributed by atoms with Crippen LogP contribution in [0.1, 0.15) is 13.8 Å². The fraction of sp³-hybridized carbons (Fsp3) is 0.273. The van der Waals surface area contributed by atoms with Crippen LogP contribution in [-0.4, -0.2) is 32.5 Å². The van der Waals surface area contributed by atoms with Gasteiger partial charge < -0.3 is 0 Å². The molecule has 0 amide bonds. The zero-order valence-corrected chi connectivity index (χ0v) is 10.8. The van der Waals surface area contributed by atoms with Gasteiger partial charge in [0.15, 0.2) is 0 Å². The van der Waals surface area contributed by atoms with Crippen LogP contribution in [0.25, 0.3) is 0 Å². The van der Waals surface area contributed by atoms with Gasteiger partial charge in [-0.15, -0.1) is 4.40 Å². The molecule has 0 aromatic heterocycles. The van der Waals surface area contributed by atoms with E-state index in [4.69, 9.17) is 0 Å². The van der Waals surface area contributed by atoms with Crippen LogP contribution in [0.5, 0.6) is 0 Å². The Labute approximate surface area is 102 Å². The molecule has 0 aliphatic rings. The third kappa shape index (κ3) is 4.36. The molecule has 6 heteroatoms. The normalized spacial score (nSPS) is 11.5. The average Bonchev–Trinajstić information content (AvgIpc) is 2.27. The zero-order chi connectivity index (χ0) is 12.9. The summed E-state index contributed by atoms with van der Waals surface area (Å²) in [5.74, 6) is 0. The molecule has 0 aliphatic heterocycles. The fourth-order valence-corrected chi connectivity index (χ4v) is 2.01. The van der Waals surface area contributed by atoms with E-state index in [-0.39, 0.29) is 4.90 Å². The first-order chi connectivity index (χ1) is 7.92. The highest BCUT2D eigenvalue weighted by atomic mass is 32.2. The van der Waals surface area contributed by atoms with Crippen LogP contribution in [-0.2, 0) is 10.0 Å². The van der Waals surface area contributed by atoms with Crippen molar-refractivity contribution >= 4 is 22.1 Å². The van der Waals surface area contributed by atoms with E-state index in [1.54, 1.807) is 25.2 Å². The van der Waals surface area contributed by atoms with Gasteiger partial charge in [-0.25, -0.2) is 0 Å². The molecular formula is C11H15N3O2S. The Bertz CT molecular complexity index is 517. The van der Waals surface area contributed by atoms with Crippen LogP contribution in [0.4, 0.5) is 0 Å². The predicted molar refractivity (Wildman–Crippen MR) is 68.7 cm³/mol. The zero-order valence-electron chi connectivity index (χ0n) is 10.0. The van der Waals surface area contributed by atoms with E-state index in [0.717, 1.165) is 5.71 Å². The summed E-state index contributed by atoms with van der Waals surface area (Å²) < 4.78 is 27.0. The quantitative estimate of drug-likeness (QED) is 0.466. The number of benzene rings is 1. The van der Waals surface area contributed by atoms with Gasteiger partial charge >= 0.3 is 0 Å². The molecule has 0 atom stereocenters. The summed E-state index contributed by atoms with van der Waals surface area (Å²) in [6, 6.07) is 8.06. The van der Waals surface area contributed by atoms with Gasteiger partial charge in [-0.2, -0.15) is 13.5 Å². The highest BCUT2D eigenvalue weighted by Crippen LogP contribution is 2.10. The minimum absolute atomic E-state index is 0.168. The minimum atomic E-state index is -3.63. The molecule has 0 saturated heterocycles. The second-order valence-electron chi connectivity index (χ2n) is 3.63. The Morgan fingerprint density at radius 2 is 1.82 bits per heavy atom. The molecule has 1 aromatic rings. The Morgan fingerprint density at radius 3 is 2.35 bits per heavy atom. The van der Waals surface area contributed by atoms with Crippen LogP contribution >= 0.6 is 0 Å². The van der Waals surface area contributed by atoms with Crippen LogP contribution in [0.3, 0.4) is 0 Å². The van der Waals surface area contributed by atoms with Crippen molar-refractivity contribution in [3.05, 3.63) is 30.3 Å². The van der Waals surface area contributed by atoms with Crippen molar-refractivity contribution < 1.29 is 8.42 Å². The summed E-state index contributed by atoms with van der Waals surface area (Å²) >= 11 is 0. The Morgan fingerprint density at radius 1 is 1.24 bits per heavy atom. The molecule has 17 heavy (non-hydrogen) atoms. The maximum absolute atomic E-state index is 11.7. The highest BCUT2D eigenvalue weighted by Gasteiger charge is 2.10. The summed E-state index contributed by atoms with van der Waals surface area (Å²) in [6.45, 7) is 3.63. The van der Waals surface area contributed by atoms with Crippen molar-refractivity contribution in [1.82, 2.24) is 5.01 Å². The lowest BCUT2D eigenvalue weighted by Crippen LogP contribution is -2.11. The van der Waals surface area contributed by atoms with Gasteiger partial charge in [0.2, 0.25) is 0 Å². The molecule has 0 fully saturated rings. The lowest BCUT2D eigenvalue weighted by Gasteiger charge is -2.05. The van der Waals surface area contributed by atoms with Crippen molar-refractivity contribution in [1.29, 1.82) is 0 Å². The van der Waals surface area contributed by atoms with E-state index in [1.807, 2.05) is 13.8 Å². The van der Waals surface area contributed by atoms with Crippen LogP contribution in [0.15, 0.2) is 44.7 Å². The third-order valence-corrected chi connectivity index (χ3v) is 2.99. The highest BCUT2D eigenvalue weighted by molar-refractivity contribution is 7.90. The molecule has 5 nitrogen and oxygen atoms in total. The molecule has 0 saturated carbocycles. The second-order valence-corrected chi connectivity index (χ2v) is 5.26. The van der Waals surface area contributed by atoms with Crippen molar-refractivity contribution in [3.63, 3.8) is 0 Å².